The summed E-state index contributed by atoms with van der Waals surface area (Å²) in [5, 5.41) is 6.95. The zero-order valence-electron chi connectivity index (χ0n) is 10.5. The minimum absolute atomic E-state index is 0.0767. The molecule has 0 spiro atoms. The van der Waals surface area contributed by atoms with Crippen molar-refractivity contribution < 1.29 is 4.79 Å². The Balaban J connectivity index is 2.63. The van der Waals surface area contributed by atoms with Crippen molar-refractivity contribution in [3.05, 3.63) is 10.5 Å². The monoisotopic (exact) mass is 257 g/mol. The van der Waals surface area contributed by atoms with Crippen LogP contribution >= 0.6 is 11.8 Å². The maximum atomic E-state index is 11.7. The summed E-state index contributed by atoms with van der Waals surface area (Å²) in [5.41, 5.74) is -0.203. The van der Waals surface area contributed by atoms with E-state index in [0.717, 1.165) is 12.8 Å². The number of carbonyl (C=O) groups is 1. The average Bonchev–Trinajstić information content (AvgIpc) is 2.67. The molecule has 1 heterocycles. The third-order valence-corrected chi connectivity index (χ3v) is 3.67. The van der Waals surface area contributed by atoms with Crippen LogP contribution in [0.4, 0.5) is 0 Å². The summed E-state index contributed by atoms with van der Waals surface area (Å²) in [6.07, 6.45) is 1.72. The van der Waals surface area contributed by atoms with Gasteiger partial charge in [-0.05, 0) is 12.8 Å². The van der Waals surface area contributed by atoms with E-state index in [9.17, 15) is 9.59 Å². The summed E-state index contributed by atoms with van der Waals surface area (Å²) in [4.78, 5) is 23.1. The molecule has 0 aromatic carbocycles. The van der Waals surface area contributed by atoms with Crippen molar-refractivity contribution >= 4 is 17.5 Å². The van der Waals surface area contributed by atoms with Crippen molar-refractivity contribution in [2.45, 2.75) is 45.3 Å². The van der Waals surface area contributed by atoms with Crippen LogP contribution in [0.1, 0.15) is 33.6 Å². The fourth-order valence-electron chi connectivity index (χ4n) is 1.34. The summed E-state index contributed by atoms with van der Waals surface area (Å²) in [5.74, 6) is 0.659. The number of hydrogen-bond acceptors (Lipinski definition) is 4. The maximum absolute atomic E-state index is 11.7. The minimum Gasteiger partial charge on any atom is -0.298 e. The second-order valence-electron chi connectivity index (χ2n) is 4.03. The molecule has 0 saturated carbocycles. The highest BCUT2D eigenvalue weighted by molar-refractivity contribution is 7.99. The third-order valence-electron chi connectivity index (χ3n) is 2.68. The fourth-order valence-corrected chi connectivity index (χ4v) is 2.34. The Hall–Kier alpha value is -1.04. The van der Waals surface area contributed by atoms with E-state index < -0.39 is 0 Å². The third kappa shape index (κ3) is 3.73. The lowest BCUT2D eigenvalue weighted by atomic mass is 10.1. The smallest absolute Gasteiger partial charge is 0.298 e. The molecule has 0 radical (unpaired) electrons. The number of aromatic amines is 1. The molecule has 1 unspecified atom stereocenters. The second kappa shape index (κ2) is 6.64. The van der Waals surface area contributed by atoms with Crippen molar-refractivity contribution in [3.8, 4) is 0 Å². The van der Waals surface area contributed by atoms with Crippen LogP contribution in [-0.2, 0) is 11.3 Å². The highest BCUT2D eigenvalue weighted by atomic mass is 32.2. The predicted molar refractivity (Wildman–Crippen MR) is 68.3 cm³/mol. The van der Waals surface area contributed by atoms with Crippen LogP contribution in [-0.4, -0.2) is 26.3 Å². The quantitative estimate of drug-likeness (QED) is 0.755. The first kappa shape index (κ1) is 14.0. The Morgan fingerprint density at radius 3 is 2.82 bits per heavy atom. The number of ketones is 1. The van der Waals surface area contributed by atoms with Gasteiger partial charge >= 0.3 is 5.69 Å². The van der Waals surface area contributed by atoms with Crippen LogP contribution in [0.5, 0.6) is 0 Å². The van der Waals surface area contributed by atoms with Crippen molar-refractivity contribution in [1.82, 2.24) is 14.8 Å². The molecule has 0 aliphatic heterocycles. The van der Waals surface area contributed by atoms with Crippen LogP contribution in [0.3, 0.4) is 0 Å². The molecule has 1 aromatic rings. The molecule has 6 heteroatoms. The lowest BCUT2D eigenvalue weighted by Crippen LogP contribution is -2.18. The molecule has 0 aliphatic rings. The second-order valence-corrected chi connectivity index (χ2v) is 4.97. The molecular formula is C11H19N3O2S. The number of rotatable bonds is 7. The van der Waals surface area contributed by atoms with E-state index in [1.807, 2.05) is 20.8 Å². The zero-order chi connectivity index (χ0) is 12.8. The van der Waals surface area contributed by atoms with Crippen LogP contribution in [0.15, 0.2) is 9.95 Å². The molecule has 1 N–H and O–H groups in total. The molecular weight excluding hydrogens is 238 g/mol. The van der Waals surface area contributed by atoms with Crippen LogP contribution in [0.25, 0.3) is 0 Å². The van der Waals surface area contributed by atoms with Crippen molar-refractivity contribution in [1.29, 1.82) is 0 Å². The molecule has 96 valence electrons. The van der Waals surface area contributed by atoms with Gasteiger partial charge in [0.05, 0.1) is 5.75 Å². The van der Waals surface area contributed by atoms with E-state index in [0.29, 0.717) is 17.5 Å². The number of H-pyrrole nitrogens is 1. The number of hydrogen-bond donors (Lipinski definition) is 1. The lowest BCUT2D eigenvalue weighted by molar-refractivity contribution is -0.119. The van der Waals surface area contributed by atoms with E-state index in [1.165, 1.54) is 11.8 Å². The van der Waals surface area contributed by atoms with E-state index >= 15 is 0 Å². The van der Waals surface area contributed by atoms with Gasteiger partial charge in [0, 0.05) is 12.5 Å². The van der Waals surface area contributed by atoms with Gasteiger partial charge in [-0.2, -0.15) is 0 Å². The number of thioether (sulfide) groups is 1. The highest BCUT2D eigenvalue weighted by Gasteiger charge is 2.14. The molecule has 1 aromatic heterocycles. The van der Waals surface area contributed by atoms with E-state index in [4.69, 9.17) is 0 Å². The Bertz CT molecular complexity index is 425. The van der Waals surface area contributed by atoms with Gasteiger partial charge in [0.1, 0.15) is 5.78 Å². The Morgan fingerprint density at radius 2 is 2.24 bits per heavy atom. The molecule has 17 heavy (non-hydrogen) atoms. The normalized spacial score (nSPS) is 12.6. The molecule has 0 amide bonds. The zero-order valence-corrected chi connectivity index (χ0v) is 11.3. The van der Waals surface area contributed by atoms with Crippen LogP contribution in [0, 0.1) is 5.92 Å². The lowest BCUT2D eigenvalue weighted by Gasteiger charge is -2.07. The maximum Gasteiger partial charge on any atom is 0.343 e. The van der Waals surface area contributed by atoms with Gasteiger partial charge < -0.3 is 0 Å². The van der Waals surface area contributed by atoms with Gasteiger partial charge in [0.2, 0.25) is 0 Å². The topological polar surface area (TPSA) is 67.8 Å². The molecule has 0 bridgehead atoms. The van der Waals surface area contributed by atoms with Gasteiger partial charge in [-0.15, -0.1) is 5.10 Å². The average molecular weight is 257 g/mol. The van der Waals surface area contributed by atoms with Crippen LogP contribution in [0.2, 0.25) is 0 Å². The summed E-state index contributed by atoms with van der Waals surface area (Å²) in [6, 6.07) is 0. The Morgan fingerprint density at radius 1 is 1.53 bits per heavy atom. The number of nitrogens with one attached hydrogen (secondary N) is 1. The van der Waals surface area contributed by atoms with Gasteiger partial charge in [-0.1, -0.05) is 32.5 Å². The summed E-state index contributed by atoms with van der Waals surface area (Å²) < 4.78 is 1.58. The van der Waals surface area contributed by atoms with Crippen LogP contribution < -0.4 is 5.69 Å². The SMILES string of the molecule is CCCn1c(SCC(=O)C(C)CC)n[nH]c1=O. The minimum atomic E-state index is -0.203. The summed E-state index contributed by atoms with van der Waals surface area (Å²) in [6.45, 7) is 6.55. The first-order valence-corrected chi connectivity index (χ1v) is 6.89. The molecule has 1 rings (SSSR count). The van der Waals surface area contributed by atoms with Gasteiger partial charge in [-0.25, -0.2) is 9.89 Å². The fraction of sp³-hybridized carbons (Fsp3) is 0.727. The largest absolute Gasteiger partial charge is 0.343 e. The Labute approximate surface area is 105 Å². The van der Waals surface area contributed by atoms with E-state index in [2.05, 4.69) is 10.2 Å². The molecule has 0 aliphatic carbocycles. The van der Waals surface area contributed by atoms with Gasteiger partial charge in [0.15, 0.2) is 5.16 Å². The Kier molecular flexibility index (Phi) is 5.47. The summed E-state index contributed by atoms with van der Waals surface area (Å²) in [7, 11) is 0. The molecule has 0 saturated heterocycles. The number of aromatic nitrogens is 3. The highest BCUT2D eigenvalue weighted by Crippen LogP contribution is 2.16. The number of carbonyl (C=O) groups excluding carboxylic acids is 1. The number of Topliss-reactive ketones (excluding diaryl/α,β-unsaturated/α-hetero) is 1. The summed E-state index contributed by atoms with van der Waals surface area (Å²) >= 11 is 1.33. The number of nitrogens with zero attached hydrogens (tertiary/aromatic N) is 2. The van der Waals surface area contributed by atoms with E-state index in [-0.39, 0.29) is 17.4 Å². The van der Waals surface area contributed by atoms with Crippen molar-refractivity contribution in [2.75, 3.05) is 5.75 Å². The van der Waals surface area contributed by atoms with Crippen molar-refractivity contribution in [2.24, 2.45) is 5.92 Å². The molecule has 1 atom stereocenters. The first-order valence-electron chi connectivity index (χ1n) is 5.90. The molecule has 0 fully saturated rings. The first-order chi connectivity index (χ1) is 8.10. The molecule has 5 nitrogen and oxygen atoms in total. The van der Waals surface area contributed by atoms with Crippen molar-refractivity contribution in [3.63, 3.8) is 0 Å². The standard InChI is InChI=1S/C11H19N3O2S/c1-4-6-14-10(16)12-13-11(14)17-7-9(15)8(3)5-2/h8H,4-7H2,1-3H3,(H,12,16). The van der Waals surface area contributed by atoms with Gasteiger partial charge in [-0.3, -0.25) is 9.36 Å². The predicted octanol–water partition coefficient (Wildman–Crippen LogP) is 1.69. The van der Waals surface area contributed by atoms with E-state index in [1.54, 1.807) is 4.57 Å². The van der Waals surface area contributed by atoms with Gasteiger partial charge in [0.25, 0.3) is 0 Å².